The van der Waals surface area contributed by atoms with E-state index < -0.39 is 39.4 Å². The van der Waals surface area contributed by atoms with Gasteiger partial charge in [0.25, 0.3) is 5.91 Å². The number of unbranched alkanes of at least 4 members (excludes halogenated alkanes) is 1. The number of carbonyl (C=O) groups excluding carboxylic acids is 3. The second-order valence-corrected chi connectivity index (χ2v) is 12.6. The van der Waals surface area contributed by atoms with E-state index in [1.807, 2.05) is 6.92 Å². The molecule has 200 valence electrons. The molecule has 0 saturated carbocycles. The van der Waals surface area contributed by atoms with Crippen molar-refractivity contribution < 1.29 is 24.2 Å². The number of rotatable bonds is 11. The number of benzene rings is 1. The molecular weight excluding hydrogens is 512 g/mol. The Hall–Kier alpha value is -2.29. The smallest absolute Gasteiger partial charge is 0.311 e. The fourth-order valence-corrected chi connectivity index (χ4v) is 8.87. The van der Waals surface area contributed by atoms with Crippen LogP contribution in [-0.2, 0) is 19.1 Å². The quantitative estimate of drug-likeness (QED) is 0.254. The van der Waals surface area contributed by atoms with Gasteiger partial charge in [0.05, 0.1) is 46.5 Å². The molecule has 3 aliphatic heterocycles. The van der Waals surface area contributed by atoms with Crippen LogP contribution in [0.25, 0.3) is 0 Å². The molecule has 3 aliphatic rings. The van der Waals surface area contributed by atoms with Crippen LogP contribution in [-0.4, -0.2) is 69.1 Å². The van der Waals surface area contributed by atoms with Gasteiger partial charge in [0, 0.05) is 11.3 Å². The molecule has 3 fully saturated rings. The second-order valence-electron chi connectivity index (χ2n) is 10.3. The summed E-state index contributed by atoms with van der Waals surface area (Å²) in [4.78, 5) is 45.0. The normalized spacial score (nSPS) is 30.6. The van der Waals surface area contributed by atoms with Gasteiger partial charge in [-0.15, -0.1) is 24.9 Å². The number of amides is 2. The van der Waals surface area contributed by atoms with Crippen molar-refractivity contribution in [3.63, 3.8) is 0 Å². The fourth-order valence-electron chi connectivity index (χ4n) is 6.31. The Balaban J connectivity index is 1.76. The summed E-state index contributed by atoms with van der Waals surface area (Å²) in [5.74, 6) is -2.33. The first-order valence-corrected chi connectivity index (χ1v) is 13.9. The average Bonchev–Trinajstić information content (AvgIpc) is 3.45. The number of thioether (sulfide) groups is 1. The van der Waals surface area contributed by atoms with Gasteiger partial charge in [-0.3, -0.25) is 14.4 Å². The Labute approximate surface area is 227 Å². The lowest BCUT2D eigenvalue weighted by molar-refractivity contribution is -0.156. The number of para-hydroxylation sites is 1. The zero-order valence-electron chi connectivity index (χ0n) is 21.4. The van der Waals surface area contributed by atoms with Crippen LogP contribution >= 0.6 is 23.4 Å². The summed E-state index contributed by atoms with van der Waals surface area (Å²) in [7, 11) is 0. The largest absolute Gasteiger partial charge is 0.465 e. The number of hydrogen-bond donors (Lipinski definition) is 1. The Morgan fingerprint density at radius 2 is 2.05 bits per heavy atom. The number of nitrogens with zero attached hydrogens (tertiary/aromatic N) is 2. The van der Waals surface area contributed by atoms with E-state index in [0.717, 1.165) is 6.42 Å². The summed E-state index contributed by atoms with van der Waals surface area (Å²) < 4.78 is 4.32. The van der Waals surface area contributed by atoms with Gasteiger partial charge < -0.3 is 19.6 Å². The Morgan fingerprint density at radius 3 is 2.70 bits per heavy atom. The van der Waals surface area contributed by atoms with E-state index in [0.29, 0.717) is 30.0 Å². The van der Waals surface area contributed by atoms with Crippen LogP contribution in [0.5, 0.6) is 0 Å². The Bertz CT molecular complexity index is 1100. The highest BCUT2D eigenvalue weighted by atomic mass is 35.5. The van der Waals surface area contributed by atoms with Crippen LogP contribution in [0.2, 0.25) is 5.02 Å². The lowest BCUT2D eigenvalue weighted by Gasteiger charge is -2.39. The van der Waals surface area contributed by atoms with Crippen molar-refractivity contribution in [2.24, 2.45) is 11.8 Å². The highest BCUT2D eigenvalue weighted by Crippen LogP contribution is 2.71. The summed E-state index contributed by atoms with van der Waals surface area (Å²) in [6.45, 7) is 11.4. The zero-order valence-corrected chi connectivity index (χ0v) is 23.0. The summed E-state index contributed by atoms with van der Waals surface area (Å²) in [6, 6.07) is 5.60. The number of halogens is 1. The van der Waals surface area contributed by atoms with Crippen molar-refractivity contribution in [1.29, 1.82) is 0 Å². The van der Waals surface area contributed by atoms with Crippen molar-refractivity contribution in [1.82, 2.24) is 4.90 Å². The monoisotopic (exact) mass is 546 g/mol. The number of likely N-dealkylation sites (tertiary alicyclic amines) is 1. The Morgan fingerprint density at radius 1 is 1.32 bits per heavy atom. The van der Waals surface area contributed by atoms with Crippen LogP contribution in [0.15, 0.2) is 49.6 Å². The lowest BCUT2D eigenvalue weighted by Crippen LogP contribution is -2.57. The van der Waals surface area contributed by atoms with Gasteiger partial charge in [0.2, 0.25) is 5.91 Å². The van der Waals surface area contributed by atoms with Crippen LogP contribution in [0.4, 0.5) is 5.69 Å². The summed E-state index contributed by atoms with van der Waals surface area (Å²) in [5.41, 5.74) is 0.528. The van der Waals surface area contributed by atoms with Crippen molar-refractivity contribution >= 4 is 46.8 Å². The maximum Gasteiger partial charge on any atom is 0.311 e. The molecule has 0 aliphatic carbocycles. The van der Waals surface area contributed by atoms with Crippen LogP contribution in [0.1, 0.15) is 39.5 Å². The predicted octanol–water partition coefficient (Wildman–Crippen LogP) is 4.23. The topological polar surface area (TPSA) is 87.1 Å². The van der Waals surface area contributed by atoms with Crippen molar-refractivity contribution in [3.8, 4) is 0 Å². The molecule has 3 heterocycles. The number of fused-ring (bicyclic) bond motifs is 1. The molecule has 1 aromatic rings. The van der Waals surface area contributed by atoms with Crippen molar-refractivity contribution in [3.05, 3.63) is 54.6 Å². The average molecular weight is 547 g/mol. The number of ether oxygens (including phenoxy) is 1. The van der Waals surface area contributed by atoms with Crippen LogP contribution in [0, 0.1) is 11.8 Å². The first-order chi connectivity index (χ1) is 17.7. The molecule has 0 radical (unpaired) electrons. The molecule has 4 rings (SSSR count). The molecule has 1 N–H and O–H groups in total. The number of hydrogen-bond acceptors (Lipinski definition) is 6. The SMILES string of the molecule is C=CCCCOC(=O)[C@@H]1[C@H]2C(=O)N([C@H](C)CO)C(C(=O)N(CC=C)c3ccccc3Cl)C23CC[C@@]1(C)S3. The molecule has 3 saturated heterocycles. The zero-order chi connectivity index (χ0) is 27.0. The molecule has 1 aromatic carbocycles. The van der Waals surface area contributed by atoms with Crippen LogP contribution in [0.3, 0.4) is 0 Å². The van der Waals surface area contributed by atoms with Gasteiger partial charge in [-0.25, -0.2) is 0 Å². The van der Waals surface area contributed by atoms with Crippen LogP contribution < -0.4 is 4.90 Å². The summed E-state index contributed by atoms with van der Waals surface area (Å²) in [6.07, 6.45) is 6.09. The van der Waals surface area contributed by atoms with E-state index >= 15 is 0 Å². The predicted molar refractivity (Wildman–Crippen MR) is 147 cm³/mol. The van der Waals surface area contributed by atoms with E-state index in [2.05, 4.69) is 13.2 Å². The van der Waals surface area contributed by atoms with E-state index in [-0.39, 0.29) is 31.6 Å². The van der Waals surface area contributed by atoms with Crippen molar-refractivity contribution in [2.45, 2.75) is 61.1 Å². The first-order valence-electron chi connectivity index (χ1n) is 12.7. The Kier molecular flexibility index (Phi) is 8.12. The minimum absolute atomic E-state index is 0.200. The number of aliphatic hydroxyl groups is 1. The molecule has 6 atom stereocenters. The van der Waals surface area contributed by atoms with Gasteiger partial charge >= 0.3 is 5.97 Å². The third-order valence-corrected chi connectivity index (χ3v) is 10.3. The molecule has 2 bridgehead atoms. The van der Waals surface area contributed by atoms with E-state index in [1.165, 1.54) is 4.90 Å². The molecule has 2 amide bonds. The van der Waals surface area contributed by atoms with E-state index in [1.54, 1.807) is 60.0 Å². The van der Waals surface area contributed by atoms with Gasteiger partial charge in [-0.2, -0.15) is 0 Å². The minimum Gasteiger partial charge on any atom is -0.465 e. The number of esters is 1. The first kappa shape index (κ1) is 27.7. The highest BCUT2D eigenvalue weighted by molar-refractivity contribution is 8.02. The number of aliphatic hydroxyl groups excluding tert-OH is 1. The number of carbonyl (C=O) groups is 3. The number of allylic oxidation sites excluding steroid dienone is 1. The summed E-state index contributed by atoms with van der Waals surface area (Å²) in [5, 5.41) is 10.5. The fraction of sp³-hybridized carbons (Fsp3) is 0.536. The van der Waals surface area contributed by atoms with Gasteiger partial charge in [0.15, 0.2) is 0 Å². The molecule has 7 nitrogen and oxygen atoms in total. The van der Waals surface area contributed by atoms with E-state index in [9.17, 15) is 19.5 Å². The molecule has 37 heavy (non-hydrogen) atoms. The van der Waals surface area contributed by atoms with Gasteiger partial charge in [-0.05, 0) is 51.7 Å². The molecular formula is C28H35ClN2O5S. The minimum atomic E-state index is -0.867. The molecule has 1 spiro atoms. The number of anilines is 1. The molecule has 2 unspecified atom stereocenters. The summed E-state index contributed by atoms with van der Waals surface area (Å²) >= 11 is 8.06. The third kappa shape index (κ3) is 4.51. The maximum atomic E-state index is 14.4. The second kappa shape index (κ2) is 10.8. The lowest BCUT2D eigenvalue weighted by atomic mass is 9.66. The van der Waals surface area contributed by atoms with Crippen molar-refractivity contribution in [2.75, 3.05) is 24.7 Å². The van der Waals surface area contributed by atoms with Gasteiger partial charge in [0.1, 0.15) is 6.04 Å². The molecule has 0 aromatic heterocycles. The molecule has 9 heteroatoms. The highest BCUT2D eigenvalue weighted by Gasteiger charge is 2.78. The van der Waals surface area contributed by atoms with E-state index in [4.69, 9.17) is 16.3 Å². The maximum absolute atomic E-state index is 14.4. The third-order valence-electron chi connectivity index (χ3n) is 7.96. The standard InChI is InChI=1S/C28H35ClN2O5S/c1-5-7-10-16-36-26(35)22-21-24(33)31(18(3)17-32)23(28(21)14-13-27(22,4)37-28)25(34)30(15-6-2)20-12-9-8-11-19(20)29/h5-6,8-9,11-12,18,21-23,32H,1-2,7,10,13-17H2,3-4H3/t18-,21+,22+,23?,27-,28?/m1/s1. The van der Waals surface area contributed by atoms with Gasteiger partial charge in [-0.1, -0.05) is 35.9 Å².